The summed E-state index contributed by atoms with van der Waals surface area (Å²) in [5.74, 6) is -0.499. The highest BCUT2D eigenvalue weighted by atomic mass is 31.2. The van der Waals surface area contributed by atoms with E-state index in [1.54, 1.807) is 0 Å². The predicted octanol–water partition coefficient (Wildman–Crippen LogP) is 20.6. The highest BCUT2D eigenvalue weighted by Crippen LogP contribution is 2.43. The molecule has 0 aromatic heterocycles. The summed E-state index contributed by atoms with van der Waals surface area (Å²) in [4.78, 5) is 37.7. The fourth-order valence-electron chi connectivity index (χ4n) is 9.57. The smallest absolute Gasteiger partial charge is 0.456 e. The molecule has 0 bridgehead atoms. The molecule has 0 saturated heterocycles. The summed E-state index contributed by atoms with van der Waals surface area (Å²) in [5, 5.41) is 3.06. The fraction of sp³-hybridized carbons (Fsp3) is 0.824. The van der Waals surface area contributed by atoms with E-state index in [-0.39, 0.29) is 25.1 Å². The van der Waals surface area contributed by atoms with Crippen LogP contribution in [0.15, 0.2) is 60.8 Å². The van der Waals surface area contributed by atoms with Crippen molar-refractivity contribution in [3.8, 4) is 0 Å². The first-order chi connectivity index (χ1) is 37.9. The Balaban J connectivity index is 5.02. The Bertz CT molecular complexity index is 1520. The van der Waals surface area contributed by atoms with Crippen LogP contribution in [-0.4, -0.2) is 74.3 Å². The SMILES string of the molecule is CCCCC/C=C\C/C=C\C/C=C\C/C=C\CCCCCCCCCCCCCC(=O)NC(COP(=O)(O)OCC[N+](C)(C)C)C(/C=C\CCCCCCCCCCC)OC(=O)CCCCCCCCCCCCCCCC. The van der Waals surface area contributed by atoms with Crippen molar-refractivity contribution in [2.75, 3.05) is 40.9 Å². The first-order valence-corrected chi connectivity index (χ1v) is 34.6. The minimum atomic E-state index is -4.45. The zero-order valence-corrected chi connectivity index (χ0v) is 53.1. The van der Waals surface area contributed by atoms with Crippen molar-refractivity contribution in [2.45, 2.75) is 322 Å². The van der Waals surface area contributed by atoms with E-state index in [4.69, 9.17) is 13.8 Å². The molecule has 2 N–H and O–H groups in total. The summed E-state index contributed by atoms with van der Waals surface area (Å²) in [6.07, 6.45) is 73.6. The number of nitrogens with zero attached hydrogens (tertiary/aromatic N) is 1. The zero-order chi connectivity index (χ0) is 57.2. The van der Waals surface area contributed by atoms with Gasteiger partial charge in [-0.1, -0.05) is 281 Å². The number of hydrogen-bond donors (Lipinski definition) is 2. The van der Waals surface area contributed by atoms with E-state index < -0.39 is 20.0 Å². The molecule has 0 radical (unpaired) electrons. The third-order valence-corrected chi connectivity index (χ3v) is 15.7. The quantitative estimate of drug-likeness (QED) is 0.0205. The molecule has 0 aromatic carbocycles. The molecule has 0 heterocycles. The summed E-state index contributed by atoms with van der Waals surface area (Å²) in [5.41, 5.74) is 0. The Labute approximate surface area is 483 Å². The van der Waals surface area contributed by atoms with E-state index in [1.165, 1.54) is 199 Å². The summed E-state index contributed by atoms with van der Waals surface area (Å²) in [6, 6.07) is -0.848. The second kappa shape index (κ2) is 57.9. The topological polar surface area (TPSA) is 111 Å². The van der Waals surface area contributed by atoms with E-state index in [2.05, 4.69) is 74.7 Å². The van der Waals surface area contributed by atoms with Gasteiger partial charge >= 0.3 is 13.8 Å². The third kappa shape index (κ3) is 58.4. The number of likely N-dealkylation sites (N-methyl/N-ethyl adjacent to an activating group) is 1. The van der Waals surface area contributed by atoms with E-state index in [9.17, 15) is 19.0 Å². The van der Waals surface area contributed by atoms with Gasteiger partial charge in [0.2, 0.25) is 5.91 Å². The molecule has 0 aliphatic heterocycles. The third-order valence-electron chi connectivity index (χ3n) is 14.7. The lowest BCUT2D eigenvalue weighted by Crippen LogP contribution is -2.47. The number of esters is 1. The number of amides is 1. The van der Waals surface area contributed by atoms with Crippen LogP contribution in [0.3, 0.4) is 0 Å². The molecule has 0 aliphatic rings. The van der Waals surface area contributed by atoms with Crippen LogP contribution < -0.4 is 5.32 Å². The van der Waals surface area contributed by atoms with Crippen LogP contribution >= 0.6 is 7.82 Å². The maximum Gasteiger partial charge on any atom is 0.472 e. The molecule has 10 heteroatoms. The summed E-state index contributed by atoms with van der Waals surface area (Å²) >= 11 is 0. The minimum Gasteiger partial charge on any atom is -0.456 e. The number of phosphoric ester groups is 1. The monoisotopic (exact) mass is 1120 g/mol. The molecule has 0 saturated carbocycles. The first-order valence-electron chi connectivity index (χ1n) is 33.1. The minimum absolute atomic E-state index is 0.0401. The van der Waals surface area contributed by atoms with Gasteiger partial charge in [-0.2, -0.15) is 0 Å². The highest BCUT2D eigenvalue weighted by Gasteiger charge is 2.30. The molecule has 0 spiro atoms. The number of hydrogen-bond acceptors (Lipinski definition) is 6. The van der Waals surface area contributed by atoms with Crippen LogP contribution in [0.4, 0.5) is 0 Å². The van der Waals surface area contributed by atoms with Gasteiger partial charge in [0.25, 0.3) is 0 Å². The Kier molecular flexibility index (Phi) is 56.2. The van der Waals surface area contributed by atoms with E-state index in [1.807, 2.05) is 33.3 Å². The maximum absolute atomic E-state index is 13.6. The lowest BCUT2D eigenvalue weighted by molar-refractivity contribution is -0.870. The molecule has 0 rings (SSSR count). The molecule has 3 atom stereocenters. The van der Waals surface area contributed by atoms with Crippen LogP contribution in [0.1, 0.15) is 310 Å². The van der Waals surface area contributed by atoms with E-state index in [0.29, 0.717) is 23.9 Å². The Morgan fingerprint density at radius 2 is 0.782 bits per heavy atom. The summed E-state index contributed by atoms with van der Waals surface area (Å²) < 4.78 is 30.7. The van der Waals surface area contributed by atoms with Crippen molar-refractivity contribution in [1.29, 1.82) is 0 Å². The van der Waals surface area contributed by atoms with Gasteiger partial charge in [-0.05, 0) is 76.7 Å². The van der Waals surface area contributed by atoms with Crippen LogP contribution in [0.25, 0.3) is 0 Å². The molecule has 1 amide bonds. The number of ether oxygens (including phenoxy) is 1. The number of carbonyl (C=O) groups is 2. The largest absolute Gasteiger partial charge is 0.472 e. The van der Waals surface area contributed by atoms with Crippen LogP contribution in [0.5, 0.6) is 0 Å². The van der Waals surface area contributed by atoms with Gasteiger partial charge in [-0.25, -0.2) is 4.57 Å². The number of rotatable bonds is 60. The zero-order valence-electron chi connectivity index (χ0n) is 52.2. The molecular weight excluding hydrogens is 988 g/mol. The number of allylic oxidation sites excluding steroid dienone is 9. The van der Waals surface area contributed by atoms with Crippen LogP contribution in [0.2, 0.25) is 0 Å². The molecule has 0 aliphatic carbocycles. The molecule has 78 heavy (non-hydrogen) atoms. The predicted molar refractivity (Wildman–Crippen MR) is 337 cm³/mol. The van der Waals surface area contributed by atoms with Crippen molar-refractivity contribution in [1.82, 2.24) is 5.32 Å². The van der Waals surface area contributed by atoms with Crippen LogP contribution in [-0.2, 0) is 27.9 Å². The van der Waals surface area contributed by atoms with Gasteiger partial charge in [0.05, 0.1) is 33.8 Å². The molecule has 9 nitrogen and oxygen atoms in total. The lowest BCUT2D eigenvalue weighted by Gasteiger charge is -2.27. The Hall–Kier alpha value is -2.29. The van der Waals surface area contributed by atoms with Crippen molar-refractivity contribution < 1.29 is 37.3 Å². The molecule has 0 fully saturated rings. The summed E-state index contributed by atoms with van der Waals surface area (Å²) in [6.45, 7) is 7.00. The fourth-order valence-corrected chi connectivity index (χ4v) is 10.3. The second-order valence-electron chi connectivity index (χ2n) is 23.6. The maximum atomic E-state index is 13.6. The van der Waals surface area contributed by atoms with E-state index in [0.717, 1.165) is 77.0 Å². The Morgan fingerprint density at radius 1 is 0.449 bits per heavy atom. The Morgan fingerprint density at radius 3 is 1.19 bits per heavy atom. The normalized spacial score (nSPS) is 14.0. The van der Waals surface area contributed by atoms with Gasteiger partial charge in [-0.15, -0.1) is 0 Å². The van der Waals surface area contributed by atoms with Crippen LogP contribution in [0, 0.1) is 0 Å². The van der Waals surface area contributed by atoms with E-state index >= 15 is 0 Å². The average Bonchev–Trinajstić information content (AvgIpc) is 3.41. The highest BCUT2D eigenvalue weighted by molar-refractivity contribution is 7.47. The number of quaternary nitrogens is 1. The molecule has 3 unspecified atom stereocenters. The second-order valence-corrected chi connectivity index (χ2v) is 25.1. The molecule has 0 aromatic rings. The van der Waals surface area contributed by atoms with Gasteiger partial charge < -0.3 is 19.4 Å². The van der Waals surface area contributed by atoms with Crippen molar-refractivity contribution >= 4 is 19.7 Å². The van der Waals surface area contributed by atoms with Crippen molar-refractivity contribution in [3.05, 3.63) is 60.8 Å². The number of phosphoric acid groups is 1. The molecule has 456 valence electrons. The molecular formula is C68H128N2O7P+. The van der Waals surface area contributed by atoms with Gasteiger partial charge in [0, 0.05) is 12.8 Å². The summed E-state index contributed by atoms with van der Waals surface area (Å²) in [7, 11) is 1.50. The van der Waals surface area contributed by atoms with Gasteiger partial charge in [0.1, 0.15) is 19.3 Å². The lowest BCUT2D eigenvalue weighted by atomic mass is 10.0. The average molecular weight is 1120 g/mol. The van der Waals surface area contributed by atoms with Crippen molar-refractivity contribution in [3.63, 3.8) is 0 Å². The van der Waals surface area contributed by atoms with Gasteiger partial charge in [0.15, 0.2) is 0 Å². The number of nitrogens with one attached hydrogen (secondary N) is 1. The number of carbonyl (C=O) groups excluding carboxylic acids is 2. The number of unbranched alkanes of at least 4 members (excludes halogenated alkanes) is 36. The standard InChI is InChI=1S/C68H127N2O7P/c1-7-10-13-16-19-22-25-27-29-30-31-32-33-34-35-36-37-38-39-40-41-42-45-48-51-54-57-60-67(71)69-65(64-76-78(73,74)75-63-62-70(4,5)6)66(59-56-53-50-47-44-24-21-18-15-12-9-3)77-68(72)61-58-55-52-49-46-43-28-26-23-20-17-14-11-8-2/h19,22,27,29,31-32,34-35,56,59,65-66H,7-18,20-21,23-26,28,30,33,36-55,57-58,60-64H2,1-6H3,(H-,69,71,73,74)/p+1/b22-19-,29-27-,32-31-,35-34-,59-56-. The van der Waals surface area contributed by atoms with Gasteiger partial charge in [-0.3, -0.25) is 18.6 Å². The first kappa shape index (κ1) is 75.7. The van der Waals surface area contributed by atoms with Crippen molar-refractivity contribution in [2.24, 2.45) is 0 Å².